The maximum absolute atomic E-state index is 14.8. The van der Waals surface area contributed by atoms with E-state index in [-0.39, 0.29) is 35.4 Å². The predicted octanol–water partition coefficient (Wildman–Crippen LogP) is 8.59. The topological polar surface area (TPSA) is 94.7 Å². The van der Waals surface area contributed by atoms with Crippen LogP contribution in [0, 0.1) is 12.7 Å². The van der Waals surface area contributed by atoms with Gasteiger partial charge in [0.1, 0.15) is 23.8 Å². The molecule has 3 aromatic carbocycles. The van der Waals surface area contributed by atoms with Crippen LogP contribution in [0.15, 0.2) is 65.2 Å². The van der Waals surface area contributed by atoms with Crippen LogP contribution < -0.4 is 9.47 Å². The molecule has 0 amide bonds. The van der Waals surface area contributed by atoms with E-state index in [0.29, 0.717) is 37.8 Å². The van der Waals surface area contributed by atoms with E-state index in [9.17, 15) is 14.3 Å². The van der Waals surface area contributed by atoms with Gasteiger partial charge in [0, 0.05) is 22.9 Å². The number of hydrogen-bond donors (Lipinski definition) is 1. The molecule has 0 atom stereocenters. The number of halogens is 3. The molecule has 40 heavy (non-hydrogen) atoms. The summed E-state index contributed by atoms with van der Waals surface area (Å²) >= 11 is 12.9. The largest absolute Gasteiger partial charge is 0.489 e. The molecule has 1 aliphatic carbocycles. The summed E-state index contributed by atoms with van der Waals surface area (Å²) in [6, 6.07) is 16.1. The summed E-state index contributed by atoms with van der Waals surface area (Å²) in [7, 11) is 0. The van der Waals surface area contributed by atoms with Gasteiger partial charge < -0.3 is 19.1 Å². The number of rotatable bonds is 8. The van der Waals surface area contributed by atoms with Crippen LogP contribution in [0.4, 0.5) is 4.39 Å². The molecular weight excluding hydrogens is 558 g/mol. The molecule has 1 aliphatic rings. The fourth-order valence-corrected chi connectivity index (χ4v) is 5.15. The van der Waals surface area contributed by atoms with Gasteiger partial charge in [-0.1, -0.05) is 40.5 Å². The summed E-state index contributed by atoms with van der Waals surface area (Å²) in [5.74, 6) is -0.0297. The lowest BCUT2D eigenvalue weighted by Crippen LogP contribution is -2.02. The van der Waals surface area contributed by atoms with Crippen molar-refractivity contribution >= 4 is 39.9 Å². The Labute approximate surface area is 238 Å². The molecule has 1 saturated carbocycles. The highest BCUT2D eigenvalue weighted by Crippen LogP contribution is 2.46. The number of aryl methyl sites for hydroxylation is 1. The van der Waals surface area contributed by atoms with Gasteiger partial charge in [-0.15, -0.1) is 0 Å². The van der Waals surface area contributed by atoms with Gasteiger partial charge in [-0.05, 0) is 67.6 Å². The Bertz CT molecular complexity index is 1760. The zero-order valence-electron chi connectivity index (χ0n) is 21.1. The van der Waals surface area contributed by atoms with E-state index in [1.54, 1.807) is 49.4 Å². The van der Waals surface area contributed by atoms with E-state index in [0.717, 1.165) is 24.2 Å². The fourth-order valence-electron chi connectivity index (χ4n) is 4.58. The second-order valence-electron chi connectivity index (χ2n) is 9.48. The zero-order valence-corrected chi connectivity index (χ0v) is 22.6. The number of carboxylic acids is 1. The second-order valence-corrected chi connectivity index (χ2v) is 10.3. The molecule has 6 rings (SSSR count). The third kappa shape index (κ3) is 4.96. The number of benzene rings is 3. The molecule has 0 radical (unpaired) electrons. The zero-order chi connectivity index (χ0) is 28.0. The van der Waals surface area contributed by atoms with Crippen molar-refractivity contribution in [2.75, 3.05) is 0 Å². The number of aromatic nitrogens is 2. The van der Waals surface area contributed by atoms with E-state index in [1.165, 1.54) is 18.2 Å². The van der Waals surface area contributed by atoms with Crippen LogP contribution in [0.2, 0.25) is 10.0 Å². The van der Waals surface area contributed by atoms with E-state index < -0.39 is 11.8 Å². The Balaban J connectivity index is 1.29. The molecule has 5 aromatic rings. The van der Waals surface area contributed by atoms with Crippen molar-refractivity contribution < 1.29 is 28.3 Å². The van der Waals surface area contributed by atoms with Crippen molar-refractivity contribution in [2.45, 2.75) is 32.3 Å². The number of hydrogen-bond acceptors (Lipinski definition) is 6. The predicted molar refractivity (Wildman–Crippen MR) is 148 cm³/mol. The van der Waals surface area contributed by atoms with Crippen molar-refractivity contribution in [1.29, 1.82) is 0 Å². The first-order valence-corrected chi connectivity index (χ1v) is 13.2. The molecule has 0 unspecified atom stereocenters. The van der Waals surface area contributed by atoms with Crippen LogP contribution in [-0.4, -0.2) is 21.2 Å². The van der Waals surface area contributed by atoms with Crippen LogP contribution >= 0.6 is 23.2 Å². The normalized spacial score (nSPS) is 13.0. The summed E-state index contributed by atoms with van der Waals surface area (Å²) in [6.45, 7) is 1.72. The molecule has 10 heteroatoms. The average Bonchev–Trinajstić information content (AvgIpc) is 3.69. The van der Waals surface area contributed by atoms with Gasteiger partial charge in [-0.25, -0.2) is 14.2 Å². The molecule has 0 spiro atoms. The quantitative estimate of drug-likeness (QED) is 0.197. The number of fused-ring (bicyclic) bond motifs is 1. The van der Waals surface area contributed by atoms with E-state index >= 15 is 0 Å². The number of aromatic carboxylic acids is 1. The summed E-state index contributed by atoms with van der Waals surface area (Å²) in [5.41, 5.74) is 2.24. The minimum Gasteiger partial charge on any atom is -0.489 e. The van der Waals surface area contributed by atoms with Crippen LogP contribution in [0.1, 0.15) is 46.1 Å². The highest BCUT2D eigenvalue weighted by molar-refractivity contribution is 6.39. The standard InChI is InChI=1S/C30H21Cl2FN2O5/c1-15-19(30(36)37)10-12-25(34-15)39-29-20-9-8-18(13-17(20)7-11-24(29)33)38-14-21-27(35-40-28(21)16-5-6-16)26-22(31)3-2-4-23(26)32/h2-4,7-13,16H,5-6,14H2,1H3,(H,36,37). The van der Waals surface area contributed by atoms with Crippen LogP contribution in [0.25, 0.3) is 22.0 Å². The van der Waals surface area contributed by atoms with E-state index in [2.05, 4.69) is 10.1 Å². The van der Waals surface area contributed by atoms with Gasteiger partial charge in [0.05, 0.1) is 26.9 Å². The number of nitrogens with zero attached hydrogens (tertiary/aromatic N) is 2. The highest BCUT2D eigenvalue weighted by Gasteiger charge is 2.33. The Morgan fingerprint density at radius 3 is 2.58 bits per heavy atom. The SMILES string of the molecule is Cc1nc(Oc2c(F)ccc3cc(OCc4c(-c5c(Cl)cccc5Cl)noc4C4CC4)ccc23)ccc1C(=O)O. The first-order chi connectivity index (χ1) is 19.3. The summed E-state index contributed by atoms with van der Waals surface area (Å²) in [4.78, 5) is 15.4. The third-order valence-electron chi connectivity index (χ3n) is 6.74. The molecule has 1 fully saturated rings. The van der Waals surface area contributed by atoms with Crippen molar-refractivity contribution in [3.8, 4) is 28.6 Å². The third-order valence-corrected chi connectivity index (χ3v) is 7.37. The summed E-state index contributed by atoms with van der Waals surface area (Å²) in [6.07, 6.45) is 2.02. The lowest BCUT2D eigenvalue weighted by molar-refractivity contribution is 0.0695. The fraction of sp³-hybridized carbons (Fsp3) is 0.167. The smallest absolute Gasteiger partial charge is 0.337 e. The lowest BCUT2D eigenvalue weighted by Gasteiger charge is -2.13. The van der Waals surface area contributed by atoms with Gasteiger partial charge in [-0.2, -0.15) is 0 Å². The van der Waals surface area contributed by atoms with Crippen LogP contribution in [0.5, 0.6) is 17.4 Å². The monoisotopic (exact) mass is 578 g/mol. The molecule has 0 bridgehead atoms. The molecule has 2 heterocycles. The van der Waals surface area contributed by atoms with Crippen molar-refractivity contribution in [2.24, 2.45) is 0 Å². The first-order valence-electron chi connectivity index (χ1n) is 12.5. The van der Waals surface area contributed by atoms with Gasteiger partial charge in [0.25, 0.3) is 0 Å². The Morgan fingerprint density at radius 2 is 1.88 bits per heavy atom. The summed E-state index contributed by atoms with van der Waals surface area (Å²) < 4.78 is 32.5. The second kappa shape index (κ2) is 10.4. The van der Waals surface area contributed by atoms with Crippen molar-refractivity contribution in [3.63, 3.8) is 0 Å². The Kier molecular flexibility index (Phi) is 6.82. The molecule has 1 N–H and O–H groups in total. The minimum absolute atomic E-state index is 0.0234. The van der Waals surface area contributed by atoms with Crippen molar-refractivity contribution in [3.05, 3.63) is 99.1 Å². The van der Waals surface area contributed by atoms with Crippen molar-refractivity contribution in [1.82, 2.24) is 10.1 Å². The first kappa shape index (κ1) is 26.1. The summed E-state index contributed by atoms with van der Waals surface area (Å²) in [5, 5.41) is 15.6. The average molecular weight is 579 g/mol. The minimum atomic E-state index is -1.10. The Morgan fingerprint density at radius 1 is 1.10 bits per heavy atom. The maximum Gasteiger partial charge on any atom is 0.337 e. The highest BCUT2D eigenvalue weighted by atomic mass is 35.5. The van der Waals surface area contributed by atoms with E-state index in [1.807, 2.05) is 0 Å². The van der Waals surface area contributed by atoms with Gasteiger partial charge in [0.15, 0.2) is 11.6 Å². The Hall–Kier alpha value is -4.14. The number of carboxylic acid groups (broad SMARTS) is 1. The molecule has 2 aromatic heterocycles. The molecule has 0 saturated heterocycles. The van der Waals surface area contributed by atoms with Crippen LogP contribution in [0.3, 0.4) is 0 Å². The number of pyridine rings is 1. The van der Waals surface area contributed by atoms with E-state index in [4.69, 9.17) is 37.2 Å². The maximum atomic E-state index is 14.8. The van der Waals surface area contributed by atoms with Crippen LogP contribution in [-0.2, 0) is 6.61 Å². The van der Waals surface area contributed by atoms with Gasteiger partial charge in [0.2, 0.25) is 5.88 Å². The van der Waals surface area contributed by atoms with Gasteiger partial charge >= 0.3 is 5.97 Å². The lowest BCUT2D eigenvalue weighted by atomic mass is 10.0. The molecule has 202 valence electrons. The van der Waals surface area contributed by atoms with Gasteiger partial charge in [-0.3, -0.25) is 0 Å². The molecule has 0 aliphatic heterocycles. The molecular formula is C30H21Cl2FN2O5. The number of ether oxygens (including phenoxy) is 2. The molecule has 7 nitrogen and oxygen atoms in total. The number of carbonyl (C=O) groups is 1.